The Balaban J connectivity index is 2.27. The summed E-state index contributed by atoms with van der Waals surface area (Å²) in [4.78, 5) is 11.5. The number of benzene rings is 1. The first-order valence-electron chi connectivity index (χ1n) is 8.55. The van der Waals surface area contributed by atoms with Crippen LogP contribution in [-0.4, -0.2) is 19.4 Å². The van der Waals surface area contributed by atoms with E-state index in [2.05, 4.69) is 46.0 Å². The Hall–Kier alpha value is -1.29. The van der Waals surface area contributed by atoms with Crippen molar-refractivity contribution in [2.24, 2.45) is 11.8 Å². The zero-order valence-electron chi connectivity index (χ0n) is 15.2. The summed E-state index contributed by atoms with van der Waals surface area (Å²) in [5.74, 6) is 0.417. The van der Waals surface area contributed by atoms with Gasteiger partial charge in [0, 0.05) is 0 Å². The van der Waals surface area contributed by atoms with Crippen molar-refractivity contribution in [3.8, 4) is 5.75 Å². The molecule has 4 heteroatoms. The van der Waals surface area contributed by atoms with Gasteiger partial charge >= 0.3 is 5.97 Å². The molecule has 0 amide bonds. The van der Waals surface area contributed by atoms with E-state index in [0.717, 1.165) is 24.2 Å². The third-order valence-corrected chi connectivity index (χ3v) is 9.84. The Labute approximate surface area is 141 Å². The molecule has 0 aromatic heterocycles. The second kappa shape index (κ2) is 6.31. The minimum absolute atomic E-state index is 0.0930. The maximum Gasteiger partial charge on any atom is 0.306 e. The number of hydrogen-bond donors (Lipinski definition) is 1. The van der Waals surface area contributed by atoms with E-state index >= 15 is 0 Å². The standard InChI is InChI=1S/C19H30O3Si/c1-13(18(20)21)17(14-10-11-14)15-8-7-9-16(12-15)22-23(5,6)19(2,3)4/h7-9,12-14,17H,10-11H2,1-6H3,(H,20,21)/t13-,17-/m0/s1. The Morgan fingerprint density at radius 2 is 1.91 bits per heavy atom. The molecule has 128 valence electrons. The van der Waals surface area contributed by atoms with Crippen molar-refractivity contribution in [1.29, 1.82) is 0 Å². The third kappa shape index (κ3) is 4.17. The van der Waals surface area contributed by atoms with Gasteiger partial charge in [0.05, 0.1) is 5.92 Å². The van der Waals surface area contributed by atoms with Crippen LogP contribution in [0.15, 0.2) is 24.3 Å². The summed E-state index contributed by atoms with van der Waals surface area (Å²) >= 11 is 0. The summed E-state index contributed by atoms with van der Waals surface area (Å²) in [6.45, 7) is 13.0. The molecule has 2 rings (SSSR count). The van der Waals surface area contributed by atoms with Gasteiger partial charge in [0.25, 0.3) is 0 Å². The van der Waals surface area contributed by atoms with E-state index in [1.807, 2.05) is 19.1 Å². The fourth-order valence-corrected chi connectivity index (χ4v) is 3.83. The second-order valence-electron chi connectivity index (χ2n) is 8.42. The zero-order valence-corrected chi connectivity index (χ0v) is 16.2. The molecular formula is C19H30O3Si. The van der Waals surface area contributed by atoms with Crippen LogP contribution in [-0.2, 0) is 4.79 Å². The fraction of sp³-hybridized carbons (Fsp3) is 0.632. The summed E-state index contributed by atoms with van der Waals surface area (Å²) in [5, 5.41) is 9.57. The quantitative estimate of drug-likeness (QED) is 0.719. The third-order valence-electron chi connectivity index (χ3n) is 5.48. The van der Waals surface area contributed by atoms with Crippen LogP contribution >= 0.6 is 0 Å². The summed E-state index contributed by atoms with van der Waals surface area (Å²) < 4.78 is 6.39. The number of aliphatic carboxylic acids is 1. The molecule has 0 saturated heterocycles. The lowest BCUT2D eigenvalue weighted by Crippen LogP contribution is -2.43. The van der Waals surface area contributed by atoms with Gasteiger partial charge in [-0.2, -0.15) is 0 Å². The van der Waals surface area contributed by atoms with Crippen LogP contribution in [0.2, 0.25) is 18.1 Å². The normalized spacial score (nSPS) is 18.3. The molecule has 1 N–H and O–H groups in total. The molecule has 0 radical (unpaired) electrons. The maximum absolute atomic E-state index is 11.5. The van der Waals surface area contributed by atoms with E-state index in [-0.39, 0.29) is 16.9 Å². The van der Waals surface area contributed by atoms with Crippen LogP contribution < -0.4 is 4.43 Å². The highest BCUT2D eigenvalue weighted by Gasteiger charge is 2.40. The smallest absolute Gasteiger partial charge is 0.306 e. The van der Waals surface area contributed by atoms with Crippen molar-refractivity contribution in [1.82, 2.24) is 0 Å². The molecule has 1 aliphatic carbocycles. The van der Waals surface area contributed by atoms with Crippen molar-refractivity contribution in [3.05, 3.63) is 29.8 Å². The predicted molar refractivity (Wildman–Crippen MR) is 96.5 cm³/mol. The molecule has 3 nitrogen and oxygen atoms in total. The molecule has 0 bridgehead atoms. The molecule has 0 unspecified atom stereocenters. The van der Waals surface area contributed by atoms with Crippen molar-refractivity contribution >= 4 is 14.3 Å². The fourth-order valence-electron chi connectivity index (χ4n) is 2.81. The Bertz CT molecular complexity index is 570. The van der Waals surface area contributed by atoms with E-state index in [1.165, 1.54) is 0 Å². The van der Waals surface area contributed by atoms with Gasteiger partial charge in [-0.1, -0.05) is 39.8 Å². The van der Waals surface area contributed by atoms with Crippen molar-refractivity contribution in [2.45, 2.75) is 64.6 Å². The van der Waals surface area contributed by atoms with Gasteiger partial charge in [-0.15, -0.1) is 0 Å². The van der Waals surface area contributed by atoms with E-state index in [1.54, 1.807) is 0 Å². The summed E-state index contributed by atoms with van der Waals surface area (Å²) in [6, 6.07) is 8.13. The van der Waals surface area contributed by atoms with Crippen molar-refractivity contribution in [2.75, 3.05) is 0 Å². The molecule has 1 saturated carbocycles. The summed E-state index contributed by atoms with van der Waals surface area (Å²) in [6.07, 6.45) is 2.27. The molecule has 0 heterocycles. The van der Waals surface area contributed by atoms with Gasteiger partial charge in [0.2, 0.25) is 8.32 Å². The predicted octanol–water partition coefficient (Wildman–Crippen LogP) is 5.28. The van der Waals surface area contributed by atoms with Gasteiger partial charge in [-0.05, 0) is 60.5 Å². The lowest BCUT2D eigenvalue weighted by Gasteiger charge is -2.36. The van der Waals surface area contributed by atoms with Gasteiger partial charge in [0.1, 0.15) is 5.75 Å². The monoisotopic (exact) mass is 334 g/mol. The molecule has 1 fully saturated rings. The van der Waals surface area contributed by atoms with E-state index in [9.17, 15) is 9.90 Å². The number of rotatable bonds is 6. The first-order chi connectivity index (χ1) is 10.5. The topological polar surface area (TPSA) is 46.5 Å². The number of carboxylic acids is 1. The SMILES string of the molecule is C[C@H](C(=O)O)[C@H](c1cccc(O[Si](C)(C)C(C)(C)C)c1)C1CC1. The Kier molecular flexibility index (Phi) is 4.95. The lowest BCUT2D eigenvalue weighted by molar-refractivity contribution is -0.142. The van der Waals surface area contributed by atoms with Crippen molar-refractivity contribution < 1.29 is 14.3 Å². The van der Waals surface area contributed by atoms with Crippen molar-refractivity contribution in [3.63, 3.8) is 0 Å². The molecule has 2 atom stereocenters. The molecule has 0 aliphatic heterocycles. The molecule has 23 heavy (non-hydrogen) atoms. The molecule has 1 aliphatic rings. The minimum Gasteiger partial charge on any atom is -0.543 e. The average Bonchev–Trinajstić information content (AvgIpc) is 3.22. The van der Waals surface area contributed by atoms with Gasteiger partial charge < -0.3 is 9.53 Å². The Morgan fingerprint density at radius 1 is 1.30 bits per heavy atom. The number of hydrogen-bond acceptors (Lipinski definition) is 2. The highest BCUT2D eigenvalue weighted by molar-refractivity contribution is 6.74. The molecule has 1 aromatic rings. The first kappa shape index (κ1) is 18.1. The van der Waals surface area contributed by atoms with Crippen LogP contribution in [0.25, 0.3) is 0 Å². The summed E-state index contributed by atoms with van der Waals surface area (Å²) in [5.41, 5.74) is 1.11. The molecule has 1 aromatic carbocycles. The van der Waals surface area contributed by atoms with E-state index in [4.69, 9.17) is 4.43 Å². The van der Waals surface area contributed by atoms with Crippen LogP contribution in [0.1, 0.15) is 52.0 Å². The van der Waals surface area contributed by atoms with Crippen LogP contribution in [0.4, 0.5) is 0 Å². The van der Waals surface area contributed by atoms with Crippen LogP contribution in [0.3, 0.4) is 0 Å². The van der Waals surface area contributed by atoms with E-state index < -0.39 is 14.3 Å². The number of carboxylic acid groups (broad SMARTS) is 1. The van der Waals surface area contributed by atoms with Gasteiger partial charge in [0.15, 0.2) is 0 Å². The minimum atomic E-state index is -1.88. The maximum atomic E-state index is 11.5. The molecular weight excluding hydrogens is 304 g/mol. The zero-order chi connectivity index (χ0) is 17.4. The largest absolute Gasteiger partial charge is 0.543 e. The molecule has 0 spiro atoms. The van der Waals surface area contributed by atoms with E-state index in [0.29, 0.717) is 5.92 Å². The van der Waals surface area contributed by atoms with Gasteiger partial charge in [-0.25, -0.2) is 0 Å². The first-order valence-corrected chi connectivity index (χ1v) is 11.5. The number of carbonyl (C=O) groups is 1. The highest BCUT2D eigenvalue weighted by Crippen LogP contribution is 2.47. The highest BCUT2D eigenvalue weighted by atomic mass is 28.4. The van der Waals surface area contributed by atoms with Gasteiger partial charge in [-0.3, -0.25) is 4.79 Å². The Morgan fingerprint density at radius 3 is 2.39 bits per heavy atom. The van der Waals surface area contributed by atoms with Crippen LogP contribution in [0, 0.1) is 11.8 Å². The average molecular weight is 335 g/mol. The lowest BCUT2D eigenvalue weighted by atomic mass is 9.83. The second-order valence-corrected chi connectivity index (χ2v) is 13.1. The summed E-state index contributed by atoms with van der Waals surface area (Å²) in [7, 11) is -1.88. The van der Waals surface area contributed by atoms with Crippen LogP contribution in [0.5, 0.6) is 5.75 Å².